The van der Waals surface area contributed by atoms with Crippen LogP contribution < -0.4 is 8.92 Å². The number of ether oxygens (including phenoxy) is 1. The van der Waals surface area contributed by atoms with E-state index in [1.54, 1.807) is 12.1 Å². The van der Waals surface area contributed by atoms with E-state index in [4.69, 9.17) is 8.92 Å². The molecule has 6 heteroatoms. The van der Waals surface area contributed by atoms with E-state index in [1.165, 1.54) is 19.2 Å². The molecule has 0 saturated heterocycles. The number of aryl methyl sites for hydroxylation is 2. The van der Waals surface area contributed by atoms with Gasteiger partial charge in [0.1, 0.15) is 10.6 Å². The highest BCUT2D eigenvalue weighted by molar-refractivity contribution is 7.87. The Labute approximate surface area is 123 Å². The second-order valence-corrected chi connectivity index (χ2v) is 6.20. The Morgan fingerprint density at radius 2 is 1.62 bits per heavy atom. The first kappa shape index (κ1) is 15.3. The Kier molecular flexibility index (Phi) is 4.18. The largest absolute Gasteiger partial charge is 0.494 e. The summed E-state index contributed by atoms with van der Waals surface area (Å²) in [5.74, 6) is -0.591. The minimum atomic E-state index is -4.09. The van der Waals surface area contributed by atoms with Crippen molar-refractivity contribution in [3.63, 3.8) is 0 Å². The standard InChI is InChI=1S/C15H15FO4S/c1-10-6-11(2)8-12(7-10)20-21(17,18)13-4-5-15(19-3)14(16)9-13/h4-9H,1-3H3. The molecule has 0 bridgehead atoms. The molecule has 2 aromatic rings. The molecule has 0 aromatic heterocycles. The molecule has 112 valence electrons. The van der Waals surface area contributed by atoms with Crippen molar-refractivity contribution in [1.82, 2.24) is 0 Å². The van der Waals surface area contributed by atoms with Gasteiger partial charge in [0, 0.05) is 0 Å². The van der Waals surface area contributed by atoms with Crippen LogP contribution in [0.15, 0.2) is 41.3 Å². The molecule has 0 unspecified atom stereocenters. The Hall–Kier alpha value is -2.08. The van der Waals surface area contributed by atoms with Gasteiger partial charge in [-0.15, -0.1) is 0 Å². The molecule has 21 heavy (non-hydrogen) atoms. The summed E-state index contributed by atoms with van der Waals surface area (Å²) >= 11 is 0. The highest BCUT2D eigenvalue weighted by Crippen LogP contribution is 2.24. The van der Waals surface area contributed by atoms with E-state index in [1.807, 2.05) is 19.9 Å². The summed E-state index contributed by atoms with van der Waals surface area (Å²) < 4.78 is 47.7. The molecule has 0 atom stereocenters. The van der Waals surface area contributed by atoms with Crippen LogP contribution in [0.4, 0.5) is 4.39 Å². The number of hydrogen-bond acceptors (Lipinski definition) is 4. The molecule has 0 heterocycles. The number of rotatable bonds is 4. The van der Waals surface area contributed by atoms with Crippen LogP contribution in [0.3, 0.4) is 0 Å². The molecule has 0 aliphatic carbocycles. The van der Waals surface area contributed by atoms with Gasteiger partial charge in [-0.2, -0.15) is 8.42 Å². The summed E-state index contributed by atoms with van der Waals surface area (Å²) in [6.45, 7) is 3.67. The maximum atomic E-state index is 13.6. The van der Waals surface area contributed by atoms with Crippen LogP contribution in [0.5, 0.6) is 11.5 Å². The Morgan fingerprint density at radius 3 is 2.14 bits per heavy atom. The molecule has 2 aromatic carbocycles. The molecule has 0 aliphatic heterocycles. The summed E-state index contributed by atoms with van der Waals surface area (Å²) in [7, 11) is -2.79. The average molecular weight is 310 g/mol. The molecular formula is C15H15FO4S. The highest BCUT2D eigenvalue weighted by Gasteiger charge is 2.19. The predicted molar refractivity (Wildman–Crippen MR) is 76.7 cm³/mol. The molecular weight excluding hydrogens is 295 g/mol. The third-order valence-electron chi connectivity index (χ3n) is 2.81. The molecule has 0 amide bonds. The molecule has 4 nitrogen and oxygen atoms in total. The molecule has 0 saturated carbocycles. The van der Waals surface area contributed by atoms with Crippen LogP contribution >= 0.6 is 0 Å². The van der Waals surface area contributed by atoms with E-state index < -0.39 is 15.9 Å². The van der Waals surface area contributed by atoms with Crippen LogP contribution in [-0.2, 0) is 10.1 Å². The quantitative estimate of drug-likeness (QED) is 0.814. The van der Waals surface area contributed by atoms with Crippen LogP contribution in [0.25, 0.3) is 0 Å². The topological polar surface area (TPSA) is 52.6 Å². The third-order valence-corrected chi connectivity index (χ3v) is 4.06. The van der Waals surface area contributed by atoms with Crippen molar-refractivity contribution in [3.8, 4) is 11.5 Å². The molecule has 2 rings (SSSR count). The first-order valence-electron chi connectivity index (χ1n) is 6.18. The van der Waals surface area contributed by atoms with E-state index in [9.17, 15) is 12.8 Å². The zero-order valence-electron chi connectivity index (χ0n) is 11.9. The van der Waals surface area contributed by atoms with E-state index in [0.29, 0.717) is 0 Å². The maximum absolute atomic E-state index is 13.6. The molecule has 0 spiro atoms. The smallest absolute Gasteiger partial charge is 0.339 e. The van der Waals surface area contributed by atoms with Gasteiger partial charge in [-0.25, -0.2) is 4.39 Å². The Bertz CT molecular complexity index is 749. The maximum Gasteiger partial charge on any atom is 0.339 e. The minimum Gasteiger partial charge on any atom is -0.494 e. The highest BCUT2D eigenvalue weighted by atomic mass is 32.2. The summed E-state index contributed by atoms with van der Waals surface area (Å²) in [5.41, 5.74) is 1.75. The van der Waals surface area contributed by atoms with Crippen molar-refractivity contribution in [2.45, 2.75) is 18.7 Å². The number of hydrogen-bond donors (Lipinski definition) is 0. The fourth-order valence-corrected chi connectivity index (χ4v) is 2.89. The first-order chi connectivity index (χ1) is 9.81. The van der Waals surface area contributed by atoms with Crippen molar-refractivity contribution in [2.24, 2.45) is 0 Å². The Morgan fingerprint density at radius 1 is 1.00 bits per heavy atom. The molecule has 0 fully saturated rings. The number of halogens is 1. The zero-order chi connectivity index (χ0) is 15.6. The van der Waals surface area contributed by atoms with E-state index in [-0.39, 0.29) is 16.4 Å². The fraction of sp³-hybridized carbons (Fsp3) is 0.200. The lowest BCUT2D eigenvalue weighted by atomic mass is 10.1. The van der Waals surface area contributed by atoms with Crippen molar-refractivity contribution in [3.05, 3.63) is 53.3 Å². The summed E-state index contributed by atoms with van der Waals surface area (Å²) in [5, 5.41) is 0. The van der Waals surface area contributed by atoms with Crippen molar-refractivity contribution in [1.29, 1.82) is 0 Å². The first-order valence-corrected chi connectivity index (χ1v) is 7.59. The SMILES string of the molecule is COc1ccc(S(=O)(=O)Oc2cc(C)cc(C)c2)cc1F. The van der Waals surface area contributed by atoms with E-state index in [0.717, 1.165) is 17.2 Å². The zero-order valence-corrected chi connectivity index (χ0v) is 12.7. The van der Waals surface area contributed by atoms with Gasteiger partial charge in [0.25, 0.3) is 0 Å². The van der Waals surface area contributed by atoms with E-state index in [2.05, 4.69) is 0 Å². The van der Waals surface area contributed by atoms with Crippen molar-refractivity contribution < 1.29 is 21.7 Å². The van der Waals surface area contributed by atoms with Crippen LogP contribution in [-0.4, -0.2) is 15.5 Å². The van der Waals surface area contributed by atoms with Gasteiger partial charge >= 0.3 is 10.1 Å². The fourth-order valence-electron chi connectivity index (χ4n) is 1.96. The average Bonchev–Trinajstić information content (AvgIpc) is 2.36. The van der Waals surface area contributed by atoms with Crippen LogP contribution in [0.2, 0.25) is 0 Å². The molecule has 0 radical (unpaired) electrons. The van der Waals surface area contributed by atoms with Gasteiger partial charge in [-0.05, 0) is 55.3 Å². The summed E-state index contributed by atoms with van der Waals surface area (Å²) in [6.07, 6.45) is 0. The predicted octanol–water partition coefficient (Wildman–Crippen LogP) is 3.22. The summed E-state index contributed by atoms with van der Waals surface area (Å²) in [6, 6.07) is 8.45. The number of methoxy groups -OCH3 is 1. The van der Waals surface area contributed by atoms with Crippen LogP contribution in [0.1, 0.15) is 11.1 Å². The second kappa shape index (κ2) is 5.73. The van der Waals surface area contributed by atoms with Gasteiger partial charge < -0.3 is 8.92 Å². The van der Waals surface area contributed by atoms with Crippen LogP contribution in [0, 0.1) is 19.7 Å². The van der Waals surface area contributed by atoms with E-state index >= 15 is 0 Å². The second-order valence-electron chi connectivity index (χ2n) is 4.66. The van der Waals surface area contributed by atoms with Crippen molar-refractivity contribution >= 4 is 10.1 Å². The van der Waals surface area contributed by atoms with Gasteiger partial charge in [0.15, 0.2) is 11.6 Å². The Balaban J connectivity index is 2.36. The van der Waals surface area contributed by atoms with Gasteiger partial charge in [0.05, 0.1) is 7.11 Å². The normalized spacial score (nSPS) is 11.2. The number of benzene rings is 2. The molecule has 0 N–H and O–H groups in total. The molecule has 0 aliphatic rings. The minimum absolute atomic E-state index is 0.0275. The van der Waals surface area contributed by atoms with Crippen molar-refractivity contribution in [2.75, 3.05) is 7.11 Å². The van der Waals surface area contributed by atoms with Gasteiger partial charge in [-0.1, -0.05) is 6.07 Å². The summed E-state index contributed by atoms with van der Waals surface area (Å²) in [4.78, 5) is -0.264. The lowest BCUT2D eigenvalue weighted by Gasteiger charge is -2.09. The third kappa shape index (κ3) is 3.52. The monoisotopic (exact) mass is 310 g/mol. The lowest BCUT2D eigenvalue weighted by molar-refractivity contribution is 0.385. The van der Waals surface area contributed by atoms with Gasteiger partial charge in [-0.3, -0.25) is 0 Å². The lowest BCUT2D eigenvalue weighted by Crippen LogP contribution is -2.10. The van der Waals surface area contributed by atoms with Gasteiger partial charge in [0.2, 0.25) is 0 Å².